The van der Waals surface area contributed by atoms with Gasteiger partial charge in [-0.2, -0.15) is 0 Å². The predicted octanol–water partition coefficient (Wildman–Crippen LogP) is 15.6. The maximum absolute atomic E-state index is 6.19. The lowest BCUT2D eigenvalue weighted by Crippen LogP contribution is -2.11. The molecule has 2 heterocycles. The number of furan rings is 1. The molecule has 2 aromatic heterocycles. The van der Waals surface area contributed by atoms with E-state index in [1.165, 1.54) is 53.2 Å². The quantitative estimate of drug-likeness (QED) is 0.170. The van der Waals surface area contributed by atoms with Gasteiger partial charge in [-0.3, -0.25) is 0 Å². The molecular weight excluding hydrogens is 687 g/mol. The van der Waals surface area contributed by atoms with E-state index in [-0.39, 0.29) is 0 Å². The first-order valence-corrected chi connectivity index (χ1v) is 19.5. The third kappa shape index (κ3) is 5.40. The van der Waals surface area contributed by atoms with Crippen LogP contribution in [0.25, 0.3) is 86.3 Å². The van der Waals surface area contributed by atoms with Crippen molar-refractivity contribution in [3.05, 3.63) is 200 Å². The molecule has 0 amide bonds. The van der Waals surface area contributed by atoms with Crippen LogP contribution in [0.3, 0.4) is 0 Å². The first kappa shape index (κ1) is 31.6. The van der Waals surface area contributed by atoms with E-state index in [9.17, 15) is 0 Å². The summed E-state index contributed by atoms with van der Waals surface area (Å²) >= 11 is 1.86. The Labute approximate surface area is 322 Å². The van der Waals surface area contributed by atoms with Crippen molar-refractivity contribution in [2.75, 3.05) is 4.90 Å². The molecule has 0 bridgehead atoms. The minimum Gasteiger partial charge on any atom is -0.456 e. The second-order valence-corrected chi connectivity index (χ2v) is 15.2. The standard InChI is InChI=1S/C52H33NOS/c1-2-18-41-34(12-1)13-11-22-42(41)43-19-3-6-23-48(43)53(39-16-9-14-35(30-39)37-26-28-50-46(32-37)44-20-4-7-24-49(44)54-50)40-17-10-15-36(31-40)38-27-29-52-47(33-38)45-21-5-8-25-51(45)55-52/h1-33H. The fourth-order valence-electron chi connectivity index (χ4n) is 8.24. The van der Waals surface area contributed by atoms with Crippen LogP contribution in [0.1, 0.15) is 0 Å². The fourth-order valence-corrected chi connectivity index (χ4v) is 9.33. The summed E-state index contributed by atoms with van der Waals surface area (Å²) in [7, 11) is 0. The highest BCUT2D eigenvalue weighted by molar-refractivity contribution is 7.25. The summed E-state index contributed by atoms with van der Waals surface area (Å²) in [5, 5.41) is 7.33. The van der Waals surface area contributed by atoms with Gasteiger partial charge < -0.3 is 9.32 Å². The molecule has 0 fully saturated rings. The molecule has 0 aliphatic rings. The monoisotopic (exact) mass is 719 g/mol. The van der Waals surface area contributed by atoms with Crippen LogP contribution in [0.4, 0.5) is 17.1 Å². The molecule has 0 N–H and O–H groups in total. The van der Waals surface area contributed by atoms with Crippen LogP contribution in [0, 0.1) is 0 Å². The van der Waals surface area contributed by atoms with Crippen LogP contribution in [-0.2, 0) is 0 Å². The Kier molecular flexibility index (Phi) is 7.39. The summed E-state index contributed by atoms with van der Waals surface area (Å²) in [6.45, 7) is 0. The summed E-state index contributed by atoms with van der Waals surface area (Å²) in [4.78, 5) is 2.43. The maximum atomic E-state index is 6.19. The molecule has 0 aliphatic heterocycles. The van der Waals surface area contributed by atoms with E-state index in [2.05, 4.69) is 193 Å². The highest BCUT2D eigenvalue weighted by atomic mass is 32.1. The van der Waals surface area contributed by atoms with Crippen LogP contribution in [0.2, 0.25) is 0 Å². The van der Waals surface area contributed by atoms with Gasteiger partial charge in [0.15, 0.2) is 0 Å². The number of thiophene rings is 1. The zero-order valence-electron chi connectivity index (χ0n) is 29.8. The average molecular weight is 720 g/mol. The number of benzene rings is 9. The molecule has 0 saturated carbocycles. The van der Waals surface area contributed by atoms with Gasteiger partial charge >= 0.3 is 0 Å². The van der Waals surface area contributed by atoms with Crippen LogP contribution in [0.5, 0.6) is 0 Å². The topological polar surface area (TPSA) is 16.4 Å². The minimum atomic E-state index is 0.900. The molecule has 0 radical (unpaired) electrons. The summed E-state index contributed by atoms with van der Waals surface area (Å²) in [5.74, 6) is 0. The lowest BCUT2D eigenvalue weighted by Gasteiger charge is -2.29. The van der Waals surface area contributed by atoms with E-state index < -0.39 is 0 Å². The molecule has 55 heavy (non-hydrogen) atoms. The highest BCUT2D eigenvalue weighted by Gasteiger charge is 2.20. The molecular formula is C52H33NOS. The van der Waals surface area contributed by atoms with E-state index in [1.54, 1.807) is 0 Å². The van der Waals surface area contributed by atoms with E-state index >= 15 is 0 Å². The van der Waals surface area contributed by atoms with Crippen molar-refractivity contribution in [2.45, 2.75) is 0 Å². The number of para-hydroxylation sites is 2. The zero-order valence-corrected chi connectivity index (χ0v) is 30.6. The molecule has 258 valence electrons. The summed E-state index contributed by atoms with van der Waals surface area (Å²) in [6.07, 6.45) is 0. The normalized spacial score (nSPS) is 11.6. The smallest absolute Gasteiger partial charge is 0.135 e. The molecule has 0 spiro atoms. The molecule has 11 aromatic rings. The number of hydrogen-bond acceptors (Lipinski definition) is 3. The van der Waals surface area contributed by atoms with E-state index in [0.29, 0.717) is 0 Å². The predicted molar refractivity (Wildman–Crippen MR) is 235 cm³/mol. The lowest BCUT2D eigenvalue weighted by atomic mass is 9.95. The third-order valence-electron chi connectivity index (χ3n) is 10.9. The molecule has 2 nitrogen and oxygen atoms in total. The van der Waals surface area contributed by atoms with Gasteiger partial charge in [0.2, 0.25) is 0 Å². The summed E-state index contributed by atoms with van der Waals surface area (Å²) < 4.78 is 8.82. The van der Waals surface area contributed by atoms with Gasteiger partial charge in [0, 0.05) is 47.9 Å². The Morgan fingerprint density at radius 2 is 0.909 bits per heavy atom. The van der Waals surface area contributed by atoms with Gasteiger partial charge in [0.1, 0.15) is 11.2 Å². The number of hydrogen-bond donors (Lipinski definition) is 0. The molecule has 3 heteroatoms. The van der Waals surface area contributed by atoms with Gasteiger partial charge in [-0.05, 0) is 105 Å². The second kappa shape index (κ2) is 12.9. The van der Waals surface area contributed by atoms with Crippen molar-refractivity contribution >= 4 is 81.3 Å². The number of anilines is 3. The second-order valence-electron chi connectivity index (χ2n) is 14.1. The summed E-state index contributed by atoms with van der Waals surface area (Å²) in [6, 6.07) is 72.4. The number of nitrogens with zero attached hydrogens (tertiary/aromatic N) is 1. The van der Waals surface area contributed by atoms with Crippen LogP contribution in [-0.4, -0.2) is 0 Å². The highest BCUT2D eigenvalue weighted by Crippen LogP contribution is 2.45. The first-order valence-electron chi connectivity index (χ1n) is 18.7. The Balaban J connectivity index is 1.10. The van der Waals surface area contributed by atoms with Gasteiger partial charge in [0.05, 0.1) is 5.69 Å². The van der Waals surface area contributed by atoms with Crippen molar-refractivity contribution in [1.29, 1.82) is 0 Å². The van der Waals surface area contributed by atoms with Gasteiger partial charge in [-0.15, -0.1) is 11.3 Å². The minimum absolute atomic E-state index is 0.900. The molecule has 0 aliphatic carbocycles. The summed E-state index contributed by atoms with van der Waals surface area (Å²) in [5.41, 5.74) is 12.1. The molecule has 9 aromatic carbocycles. The van der Waals surface area contributed by atoms with Crippen molar-refractivity contribution in [2.24, 2.45) is 0 Å². The van der Waals surface area contributed by atoms with E-state index in [1.807, 2.05) is 23.5 Å². The first-order chi connectivity index (χ1) is 27.2. The fraction of sp³-hybridized carbons (Fsp3) is 0. The van der Waals surface area contributed by atoms with Crippen LogP contribution >= 0.6 is 11.3 Å². The van der Waals surface area contributed by atoms with Gasteiger partial charge in [0.25, 0.3) is 0 Å². The third-order valence-corrected chi connectivity index (χ3v) is 12.0. The maximum Gasteiger partial charge on any atom is 0.135 e. The lowest BCUT2D eigenvalue weighted by molar-refractivity contribution is 0.669. The Morgan fingerprint density at radius 1 is 0.345 bits per heavy atom. The zero-order chi connectivity index (χ0) is 36.3. The van der Waals surface area contributed by atoms with Gasteiger partial charge in [-0.25, -0.2) is 0 Å². The SMILES string of the molecule is c1cc(-c2ccc3oc4ccccc4c3c2)cc(N(c2cccc(-c3ccc4sc5ccccc5c4c3)c2)c2ccccc2-c2cccc3ccccc23)c1. The molecule has 11 rings (SSSR count). The Bertz CT molecular complexity index is 3080. The van der Waals surface area contributed by atoms with Crippen molar-refractivity contribution < 1.29 is 4.42 Å². The Hall–Kier alpha value is -6.94. The van der Waals surface area contributed by atoms with Crippen molar-refractivity contribution in [1.82, 2.24) is 0 Å². The van der Waals surface area contributed by atoms with E-state index in [4.69, 9.17) is 4.42 Å². The van der Waals surface area contributed by atoms with Crippen LogP contribution in [0.15, 0.2) is 205 Å². The van der Waals surface area contributed by atoms with E-state index in [0.717, 1.165) is 50.1 Å². The van der Waals surface area contributed by atoms with Gasteiger partial charge in [-0.1, -0.05) is 133 Å². The number of rotatable bonds is 6. The molecule has 0 unspecified atom stereocenters. The largest absolute Gasteiger partial charge is 0.456 e. The number of fused-ring (bicyclic) bond motifs is 7. The van der Waals surface area contributed by atoms with Crippen LogP contribution < -0.4 is 4.90 Å². The molecule has 0 saturated heterocycles. The Morgan fingerprint density at radius 3 is 1.75 bits per heavy atom. The van der Waals surface area contributed by atoms with Crippen molar-refractivity contribution in [3.8, 4) is 33.4 Å². The van der Waals surface area contributed by atoms with Crippen molar-refractivity contribution in [3.63, 3.8) is 0 Å². The molecule has 0 atom stereocenters. The average Bonchev–Trinajstić information content (AvgIpc) is 3.82.